The van der Waals surface area contributed by atoms with Gasteiger partial charge in [-0.2, -0.15) is 0 Å². The smallest absolute Gasteiger partial charge is 0.256 e. The Labute approximate surface area is 277 Å². The van der Waals surface area contributed by atoms with Gasteiger partial charge < -0.3 is 15.1 Å². The summed E-state index contributed by atoms with van der Waals surface area (Å²) in [5, 5.41) is 5.83. The Morgan fingerprint density at radius 1 is 0.851 bits per heavy atom. The summed E-state index contributed by atoms with van der Waals surface area (Å²) in [4.78, 5) is 59.3. The molecule has 4 aromatic carbocycles. The van der Waals surface area contributed by atoms with E-state index in [9.17, 15) is 19.2 Å². The number of amides is 3. The number of carbonyl (C=O) groups excluding carboxylic acids is 4. The highest BCUT2D eigenvalue weighted by atomic mass is 32.1. The molecule has 0 saturated carbocycles. The van der Waals surface area contributed by atoms with Crippen molar-refractivity contribution in [1.29, 1.82) is 0 Å². The first-order chi connectivity index (χ1) is 22.9. The highest BCUT2D eigenvalue weighted by molar-refractivity contribution is 7.17. The van der Waals surface area contributed by atoms with E-state index in [4.69, 9.17) is 0 Å². The number of nitrogens with one attached hydrogen (secondary N) is 1. The molecule has 2 saturated heterocycles. The van der Waals surface area contributed by atoms with Gasteiger partial charge in [-0.05, 0) is 36.1 Å². The molecule has 0 radical (unpaired) electrons. The van der Waals surface area contributed by atoms with Crippen LogP contribution in [0.5, 0.6) is 0 Å². The van der Waals surface area contributed by atoms with Crippen molar-refractivity contribution in [2.24, 2.45) is 0 Å². The molecular formula is C39H35N3O4S. The summed E-state index contributed by atoms with van der Waals surface area (Å²) in [6.07, 6.45) is 0.770. The topological polar surface area (TPSA) is 86.8 Å². The number of aryl methyl sites for hydroxylation is 1. The fraction of sp³-hybridized carbons (Fsp3) is 0.231. The van der Waals surface area contributed by atoms with E-state index in [1.165, 1.54) is 11.3 Å². The number of ketones is 1. The van der Waals surface area contributed by atoms with Crippen LogP contribution in [0.2, 0.25) is 0 Å². The molecule has 3 atom stereocenters. The molecule has 3 amide bonds. The Bertz CT molecular complexity index is 1920. The quantitative estimate of drug-likeness (QED) is 0.233. The van der Waals surface area contributed by atoms with E-state index < -0.39 is 24.0 Å². The highest BCUT2D eigenvalue weighted by Crippen LogP contribution is 2.34. The maximum atomic E-state index is 14.5. The van der Waals surface area contributed by atoms with E-state index in [1.54, 1.807) is 9.80 Å². The largest absolute Gasteiger partial charge is 0.343 e. The predicted octanol–water partition coefficient (Wildman–Crippen LogP) is 5.76. The second-order valence-corrected chi connectivity index (χ2v) is 13.3. The molecule has 7 rings (SSSR count). The summed E-state index contributed by atoms with van der Waals surface area (Å²) >= 11 is 1.51. The van der Waals surface area contributed by atoms with Gasteiger partial charge in [0.15, 0.2) is 5.78 Å². The number of likely N-dealkylation sites (tertiary alicyclic amines) is 2. The zero-order valence-electron chi connectivity index (χ0n) is 26.0. The molecule has 2 fully saturated rings. The van der Waals surface area contributed by atoms with Crippen molar-refractivity contribution in [1.82, 2.24) is 15.1 Å². The maximum Gasteiger partial charge on any atom is 0.256 e. The summed E-state index contributed by atoms with van der Waals surface area (Å²) < 4.78 is 1.01. The van der Waals surface area contributed by atoms with E-state index in [-0.39, 0.29) is 36.5 Å². The maximum absolute atomic E-state index is 14.5. The molecule has 0 spiro atoms. The van der Waals surface area contributed by atoms with Gasteiger partial charge in [-0.25, -0.2) is 0 Å². The van der Waals surface area contributed by atoms with Crippen molar-refractivity contribution >= 4 is 44.9 Å². The van der Waals surface area contributed by atoms with Crippen molar-refractivity contribution in [2.45, 2.75) is 43.8 Å². The molecule has 1 N–H and O–H groups in total. The monoisotopic (exact) mass is 641 g/mol. The number of carbonyl (C=O) groups is 4. The highest BCUT2D eigenvalue weighted by Gasteiger charge is 2.52. The molecule has 2 aliphatic rings. The molecule has 0 aliphatic carbocycles. The number of fused-ring (bicyclic) bond motifs is 2. The Balaban J connectivity index is 1.17. The van der Waals surface area contributed by atoms with Crippen molar-refractivity contribution in [3.05, 3.63) is 142 Å². The minimum Gasteiger partial charge on any atom is -0.343 e. The molecule has 2 unspecified atom stereocenters. The Morgan fingerprint density at radius 2 is 1.53 bits per heavy atom. The number of nitrogens with zero attached hydrogens (tertiary/aromatic N) is 2. The van der Waals surface area contributed by atoms with Gasteiger partial charge in [0.25, 0.3) is 5.91 Å². The summed E-state index contributed by atoms with van der Waals surface area (Å²) in [5.41, 5.74) is 4.19. The van der Waals surface area contributed by atoms with E-state index in [0.29, 0.717) is 18.5 Å². The lowest BCUT2D eigenvalue weighted by molar-refractivity contribution is -0.140. The van der Waals surface area contributed by atoms with E-state index >= 15 is 0 Å². The van der Waals surface area contributed by atoms with Gasteiger partial charge >= 0.3 is 0 Å². The molecule has 8 heteroatoms. The van der Waals surface area contributed by atoms with E-state index in [0.717, 1.165) is 32.3 Å². The Hall–Kier alpha value is -5.08. The molecular weight excluding hydrogens is 607 g/mol. The van der Waals surface area contributed by atoms with Crippen LogP contribution >= 0.6 is 11.3 Å². The summed E-state index contributed by atoms with van der Waals surface area (Å²) in [6, 6.07) is 32.7. The van der Waals surface area contributed by atoms with Gasteiger partial charge in [0.1, 0.15) is 12.1 Å². The average molecular weight is 642 g/mol. The van der Waals surface area contributed by atoms with Crippen molar-refractivity contribution < 1.29 is 19.2 Å². The first-order valence-corrected chi connectivity index (χ1v) is 16.8. The van der Waals surface area contributed by atoms with Gasteiger partial charge in [-0.1, -0.05) is 109 Å². The van der Waals surface area contributed by atoms with Crippen LogP contribution < -0.4 is 5.32 Å². The van der Waals surface area contributed by atoms with Crippen molar-refractivity contribution in [2.75, 3.05) is 13.1 Å². The predicted molar refractivity (Wildman–Crippen MR) is 183 cm³/mol. The van der Waals surface area contributed by atoms with Gasteiger partial charge in [0, 0.05) is 28.4 Å². The summed E-state index contributed by atoms with van der Waals surface area (Å²) in [6.45, 7) is 2.28. The Kier molecular flexibility index (Phi) is 8.43. The van der Waals surface area contributed by atoms with Crippen LogP contribution in [0.1, 0.15) is 45.0 Å². The fourth-order valence-corrected chi connectivity index (χ4v) is 8.09. The van der Waals surface area contributed by atoms with Crippen molar-refractivity contribution in [3.63, 3.8) is 0 Å². The lowest BCUT2D eigenvalue weighted by Gasteiger charge is -2.29. The third-order valence-corrected chi connectivity index (χ3v) is 10.3. The van der Waals surface area contributed by atoms with Crippen LogP contribution in [0.4, 0.5) is 0 Å². The average Bonchev–Trinajstić information content (AvgIpc) is 3.80. The lowest BCUT2D eigenvalue weighted by atomic mass is 9.90. The normalized spacial score (nSPS) is 18.0. The van der Waals surface area contributed by atoms with Crippen LogP contribution in [0.25, 0.3) is 10.1 Å². The number of hydrogen-bond donors (Lipinski definition) is 1. The van der Waals surface area contributed by atoms with Gasteiger partial charge in [0.05, 0.1) is 24.1 Å². The van der Waals surface area contributed by atoms with Crippen LogP contribution in [-0.2, 0) is 20.8 Å². The first kappa shape index (κ1) is 30.6. The Morgan fingerprint density at radius 3 is 2.23 bits per heavy atom. The lowest BCUT2D eigenvalue weighted by Crippen LogP contribution is -2.54. The van der Waals surface area contributed by atoms with E-state index in [2.05, 4.69) is 5.32 Å². The van der Waals surface area contributed by atoms with Gasteiger partial charge in [-0.15, -0.1) is 11.3 Å². The van der Waals surface area contributed by atoms with Crippen LogP contribution in [0, 0.1) is 6.92 Å². The minimum atomic E-state index is -0.906. The standard InChI is InChI=1S/C39H35N3O4S/c1-25-11-10-12-26(21-25)22-31(40-37(44)35(27-13-4-2-5-14-27)28-15-6-3-7-16-28)39(46)41-20-19-32-36(41)33(43)23-42(32)38(45)30-24-47-34-18-9-8-17-29(30)34/h2-18,21,24,31-32,35-36H,19-20,22-23H2,1H3,(H,40,44)/t31-,32?,36?/m0/s1. The number of benzene rings is 4. The third kappa shape index (κ3) is 5.97. The van der Waals surface area contributed by atoms with Crippen molar-refractivity contribution in [3.8, 4) is 0 Å². The number of thiophene rings is 1. The van der Waals surface area contributed by atoms with Crippen LogP contribution in [0.3, 0.4) is 0 Å². The van der Waals surface area contributed by atoms with E-state index in [1.807, 2.05) is 121 Å². The molecule has 47 heavy (non-hydrogen) atoms. The van der Waals surface area contributed by atoms with Gasteiger partial charge in [0.2, 0.25) is 11.8 Å². The second-order valence-electron chi connectivity index (χ2n) is 12.4. The minimum absolute atomic E-state index is 0.0406. The number of rotatable bonds is 8. The number of hydrogen-bond acceptors (Lipinski definition) is 5. The second kappa shape index (κ2) is 13.0. The zero-order valence-corrected chi connectivity index (χ0v) is 26.9. The third-order valence-electron chi connectivity index (χ3n) is 9.34. The molecule has 1 aromatic heterocycles. The number of Topliss-reactive ketones (excluding diaryl/α,β-unsaturated/α-hetero) is 1. The first-order valence-electron chi connectivity index (χ1n) is 16.0. The molecule has 236 valence electrons. The SMILES string of the molecule is Cc1cccc(C[C@H](NC(=O)C(c2ccccc2)c2ccccc2)C(=O)N2CCC3C2C(=O)CN3C(=O)c2csc3ccccc23)c1. The molecule has 2 aliphatic heterocycles. The molecule has 5 aromatic rings. The molecule has 0 bridgehead atoms. The molecule has 3 heterocycles. The summed E-state index contributed by atoms with van der Waals surface area (Å²) in [7, 11) is 0. The fourth-order valence-electron chi connectivity index (χ4n) is 7.15. The van der Waals surface area contributed by atoms with Gasteiger partial charge in [-0.3, -0.25) is 19.2 Å². The summed E-state index contributed by atoms with van der Waals surface area (Å²) in [5.74, 6) is -1.56. The van der Waals surface area contributed by atoms with Crippen LogP contribution in [-0.4, -0.2) is 64.5 Å². The van der Waals surface area contributed by atoms with Crippen LogP contribution in [0.15, 0.2) is 115 Å². The zero-order chi connectivity index (χ0) is 32.5. The molecule has 7 nitrogen and oxygen atoms in total.